The van der Waals surface area contributed by atoms with E-state index >= 15 is 0 Å². The molecule has 2 aliphatic rings. The lowest BCUT2D eigenvalue weighted by molar-refractivity contribution is -0.120. The normalized spacial score (nSPS) is 18.3. The lowest BCUT2D eigenvalue weighted by Crippen LogP contribution is -2.35. The second-order valence-electron chi connectivity index (χ2n) is 6.35. The Hall–Kier alpha value is -1.16. The van der Waals surface area contributed by atoms with Gasteiger partial charge in [0.05, 0.1) is 6.54 Å². The number of thioether (sulfide) groups is 1. The summed E-state index contributed by atoms with van der Waals surface area (Å²) in [7, 11) is 0. The van der Waals surface area contributed by atoms with E-state index in [4.69, 9.17) is 0 Å². The van der Waals surface area contributed by atoms with Gasteiger partial charge in [-0.15, -0.1) is 11.8 Å². The van der Waals surface area contributed by atoms with Gasteiger partial charge < -0.3 is 10.6 Å². The Morgan fingerprint density at radius 1 is 1.22 bits per heavy atom. The first-order valence-electron chi connectivity index (χ1n) is 8.94. The molecule has 128 valence electrons. The molecule has 0 unspecified atom stereocenters. The predicted octanol–water partition coefficient (Wildman–Crippen LogP) is 4.14. The molecule has 0 aromatic heterocycles. The topological polar surface area (TPSA) is 41.1 Å². The van der Waals surface area contributed by atoms with Crippen molar-refractivity contribution >= 4 is 17.7 Å². The molecule has 0 atom stereocenters. The fourth-order valence-electron chi connectivity index (χ4n) is 3.04. The molecule has 0 radical (unpaired) electrons. The number of nitrogens with one attached hydrogen (secondary N) is 2. The molecule has 0 heterocycles. The average molecular weight is 335 g/mol. The first-order chi connectivity index (χ1) is 11.3. The minimum Gasteiger partial charge on any atom is -0.380 e. The van der Waals surface area contributed by atoms with Crippen LogP contribution >= 0.6 is 11.8 Å². The van der Waals surface area contributed by atoms with Crippen LogP contribution in [0.5, 0.6) is 0 Å². The molecule has 2 aliphatic carbocycles. The standard InChI is InChI=1S/C19H30N2OS/c1-16(17-9-4-2-5-10-17)21-15-19(22)20-13-8-14-23-18-11-6-3-7-12-18/h6,11-12,17,21H,1-5,7-10,13-15H2,(H,20,22). The number of hydrogen-bond acceptors (Lipinski definition) is 3. The Morgan fingerprint density at radius 3 is 2.78 bits per heavy atom. The first kappa shape index (κ1) is 18.2. The van der Waals surface area contributed by atoms with Crippen LogP contribution in [0.3, 0.4) is 0 Å². The van der Waals surface area contributed by atoms with E-state index in [2.05, 4.69) is 35.4 Å². The van der Waals surface area contributed by atoms with Crippen LogP contribution in [0.2, 0.25) is 0 Å². The molecule has 3 nitrogen and oxygen atoms in total. The zero-order chi connectivity index (χ0) is 16.3. The van der Waals surface area contributed by atoms with Gasteiger partial charge in [0.25, 0.3) is 0 Å². The molecule has 1 fully saturated rings. The van der Waals surface area contributed by atoms with Crippen LogP contribution in [-0.2, 0) is 4.79 Å². The average Bonchev–Trinajstić information content (AvgIpc) is 2.61. The van der Waals surface area contributed by atoms with E-state index in [1.165, 1.54) is 43.4 Å². The molecule has 0 spiro atoms. The van der Waals surface area contributed by atoms with Crippen molar-refractivity contribution in [2.45, 2.75) is 51.4 Å². The van der Waals surface area contributed by atoms with Crippen LogP contribution in [0, 0.1) is 5.92 Å². The Labute approximate surface area is 145 Å². The third kappa shape index (κ3) is 7.30. The second kappa shape index (κ2) is 10.6. The van der Waals surface area contributed by atoms with Crippen LogP contribution in [0.1, 0.15) is 51.4 Å². The van der Waals surface area contributed by atoms with Crippen molar-refractivity contribution in [1.82, 2.24) is 10.6 Å². The zero-order valence-electron chi connectivity index (χ0n) is 14.1. The van der Waals surface area contributed by atoms with Crippen molar-refractivity contribution in [2.24, 2.45) is 5.92 Å². The molecule has 0 bridgehead atoms. The molecule has 2 rings (SSSR count). The summed E-state index contributed by atoms with van der Waals surface area (Å²) in [6.45, 7) is 5.21. The number of rotatable bonds is 9. The maximum Gasteiger partial charge on any atom is 0.239 e. The summed E-state index contributed by atoms with van der Waals surface area (Å²) >= 11 is 1.88. The van der Waals surface area contributed by atoms with E-state index in [0.29, 0.717) is 12.5 Å². The maximum absolute atomic E-state index is 11.9. The summed E-state index contributed by atoms with van der Waals surface area (Å²) in [5, 5.41) is 6.20. The predicted molar refractivity (Wildman–Crippen MR) is 100 cm³/mol. The molecule has 2 N–H and O–H groups in total. The molecule has 4 heteroatoms. The van der Waals surface area contributed by atoms with Gasteiger partial charge in [-0.05, 0) is 43.8 Å². The van der Waals surface area contributed by atoms with Crippen LogP contribution in [0.15, 0.2) is 35.4 Å². The van der Waals surface area contributed by atoms with Crippen LogP contribution in [-0.4, -0.2) is 24.7 Å². The van der Waals surface area contributed by atoms with E-state index in [1.807, 2.05) is 11.8 Å². The van der Waals surface area contributed by atoms with Gasteiger partial charge in [0.1, 0.15) is 0 Å². The van der Waals surface area contributed by atoms with Gasteiger partial charge in [0.2, 0.25) is 5.91 Å². The minimum atomic E-state index is 0.0729. The Morgan fingerprint density at radius 2 is 2.04 bits per heavy atom. The number of allylic oxidation sites excluding steroid dienone is 4. The number of carbonyl (C=O) groups excluding carboxylic acids is 1. The Kier molecular flexibility index (Phi) is 8.37. The summed E-state index contributed by atoms with van der Waals surface area (Å²) in [6.07, 6.45) is 16.4. The molecule has 23 heavy (non-hydrogen) atoms. The smallest absolute Gasteiger partial charge is 0.239 e. The molecule has 1 amide bonds. The molecule has 0 aromatic rings. The summed E-state index contributed by atoms with van der Waals surface area (Å²) in [5.74, 6) is 1.69. The van der Waals surface area contributed by atoms with Gasteiger partial charge in [-0.3, -0.25) is 4.79 Å². The summed E-state index contributed by atoms with van der Waals surface area (Å²) in [4.78, 5) is 13.2. The van der Waals surface area contributed by atoms with Crippen molar-refractivity contribution in [3.8, 4) is 0 Å². The van der Waals surface area contributed by atoms with Crippen molar-refractivity contribution in [2.75, 3.05) is 18.8 Å². The SMILES string of the molecule is C=C(NCC(=O)NCCCSC1=CCCC=C1)C1CCCCC1. The van der Waals surface area contributed by atoms with Gasteiger partial charge in [0.15, 0.2) is 0 Å². The summed E-state index contributed by atoms with van der Waals surface area (Å²) < 4.78 is 0. The highest BCUT2D eigenvalue weighted by Crippen LogP contribution is 2.27. The fraction of sp³-hybridized carbons (Fsp3) is 0.632. The van der Waals surface area contributed by atoms with Gasteiger partial charge >= 0.3 is 0 Å². The highest BCUT2D eigenvalue weighted by Gasteiger charge is 2.16. The van der Waals surface area contributed by atoms with Crippen LogP contribution < -0.4 is 10.6 Å². The molecular weight excluding hydrogens is 304 g/mol. The first-order valence-corrected chi connectivity index (χ1v) is 9.93. The van der Waals surface area contributed by atoms with E-state index in [-0.39, 0.29) is 5.91 Å². The molecule has 0 aromatic carbocycles. The highest BCUT2D eigenvalue weighted by atomic mass is 32.2. The van der Waals surface area contributed by atoms with E-state index in [1.54, 1.807) is 0 Å². The van der Waals surface area contributed by atoms with Crippen molar-refractivity contribution in [1.29, 1.82) is 0 Å². The summed E-state index contributed by atoms with van der Waals surface area (Å²) in [5.41, 5.74) is 1.05. The van der Waals surface area contributed by atoms with Gasteiger partial charge in [-0.1, -0.05) is 44.1 Å². The quantitative estimate of drug-likeness (QED) is 0.623. The lowest BCUT2D eigenvalue weighted by Gasteiger charge is -2.24. The van der Waals surface area contributed by atoms with Gasteiger partial charge in [-0.2, -0.15) is 0 Å². The number of carbonyl (C=O) groups is 1. The van der Waals surface area contributed by atoms with Crippen LogP contribution in [0.25, 0.3) is 0 Å². The maximum atomic E-state index is 11.9. The zero-order valence-corrected chi connectivity index (χ0v) is 14.9. The van der Waals surface area contributed by atoms with Gasteiger partial charge in [0, 0.05) is 17.1 Å². The van der Waals surface area contributed by atoms with E-state index in [0.717, 1.165) is 30.8 Å². The molecular formula is C19H30N2OS. The number of hydrogen-bond donors (Lipinski definition) is 2. The lowest BCUT2D eigenvalue weighted by atomic mass is 9.87. The van der Waals surface area contributed by atoms with Crippen molar-refractivity contribution in [3.05, 3.63) is 35.4 Å². The highest BCUT2D eigenvalue weighted by molar-refractivity contribution is 8.03. The minimum absolute atomic E-state index is 0.0729. The third-order valence-corrected chi connectivity index (χ3v) is 5.58. The largest absolute Gasteiger partial charge is 0.380 e. The van der Waals surface area contributed by atoms with Crippen LogP contribution in [0.4, 0.5) is 0 Å². The number of amides is 1. The Bertz CT molecular complexity index is 450. The summed E-state index contributed by atoms with van der Waals surface area (Å²) in [6, 6.07) is 0. The van der Waals surface area contributed by atoms with Gasteiger partial charge in [-0.25, -0.2) is 0 Å². The third-order valence-electron chi connectivity index (χ3n) is 4.45. The van der Waals surface area contributed by atoms with Crippen molar-refractivity contribution in [3.63, 3.8) is 0 Å². The monoisotopic (exact) mass is 334 g/mol. The van der Waals surface area contributed by atoms with E-state index < -0.39 is 0 Å². The molecule has 0 aliphatic heterocycles. The molecule has 1 saturated carbocycles. The van der Waals surface area contributed by atoms with E-state index in [9.17, 15) is 4.79 Å². The fourth-order valence-corrected chi connectivity index (χ4v) is 3.99. The molecule has 0 saturated heterocycles. The Balaban J connectivity index is 1.48. The second-order valence-corrected chi connectivity index (χ2v) is 7.52. The van der Waals surface area contributed by atoms with Crippen molar-refractivity contribution < 1.29 is 4.79 Å².